The minimum atomic E-state index is 0. The van der Waals surface area contributed by atoms with Gasteiger partial charge >= 0.3 is 0 Å². The van der Waals surface area contributed by atoms with Crippen molar-refractivity contribution in [2.24, 2.45) is 4.99 Å². The van der Waals surface area contributed by atoms with Gasteiger partial charge in [0, 0.05) is 24.7 Å². The van der Waals surface area contributed by atoms with Gasteiger partial charge in [0.1, 0.15) is 0 Å². The molecule has 1 aliphatic heterocycles. The van der Waals surface area contributed by atoms with Gasteiger partial charge < -0.3 is 15.5 Å². The van der Waals surface area contributed by atoms with E-state index in [1.54, 1.807) is 0 Å². The van der Waals surface area contributed by atoms with Gasteiger partial charge in [-0.25, -0.2) is 0 Å². The van der Waals surface area contributed by atoms with E-state index in [0.29, 0.717) is 0 Å². The van der Waals surface area contributed by atoms with Crippen molar-refractivity contribution in [3.8, 4) is 0 Å². The van der Waals surface area contributed by atoms with Gasteiger partial charge in [-0.05, 0) is 69.9 Å². The molecule has 2 rings (SSSR count). The zero-order valence-electron chi connectivity index (χ0n) is 14.6. The average molecular weight is 465 g/mol. The zero-order chi connectivity index (χ0) is 16.3. The predicted molar refractivity (Wildman–Crippen MR) is 115 cm³/mol. The highest BCUT2D eigenvalue weighted by atomic mass is 127. The maximum Gasteiger partial charge on any atom is 0.191 e. The summed E-state index contributed by atoms with van der Waals surface area (Å²) in [6, 6.07) is 8.03. The molecule has 24 heavy (non-hydrogen) atoms. The molecular formula is C18H30ClIN4. The Morgan fingerprint density at radius 2 is 1.88 bits per heavy atom. The molecule has 1 aromatic rings. The van der Waals surface area contributed by atoms with Crippen LogP contribution in [0, 0.1) is 0 Å². The fourth-order valence-electron chi connectivity index (χ4n) is 2.81. The molecule has 0 saturated carbocycles. The van der Waals surface area contributed by atoms with Crippen LogP contribution < -0.4 is 10.6 Å². The Labute approximate surface area is 168 Å². The normalized spacial score (nSPS) is 15.2. The van der Waals surface area contributed by atoms with Gasteiger partial charge in [-0.1, -0.05) is 23.7 Å². The van der Waals surface area contributed by atoms with Gasteiger partial charge in [-0.3, -0.25) is 4.99 Å². The lowest BCUT2D eigenvalue weighted by molar-refractivity contribution is 0.336. The molecule has 1 aromatic carbocycles. The van der Waals surface area contributed by atoms with Gasteiger partial charge in [0.15, 0.2) is 5.96 Å². The maximum absolute atomic E-state index is 5.91. The molecule has 4 nitrogen and oxygen atoms in total. The van der Waals surface area contributed by atoms with Crippen molar-refractivity contribution >= 4 is 41.5 Å². The van der Waals surface area contributed by atoms with E-state index in [9.17, 15) is 0 Å². The molecule has 136 valence electrons. The Morgan fingerprint density at radius 1 is 1.17 bits per heavy atom. The third-order valence-electron chi connectivity index (χ3n) is 4.06. The van der Waals surface area contributed by atoms with Crippen LogP contribution in [0.5, 0.6) is 0 Å². The Morgan fingerprint density at radius 3 is 2.54 bits per heavy atom. The summed E-state index contributed by atoms with van der Waals surface area (Å²) in [7, 11) is 0. The van der Waals surface area contributed by atoms with Crippen molar-refractivity contribution in [3.63, 3.8) is 0 Å². The predicted octanol–water partition coefficient (Wildman–Crippen LogP) is 3.54. The lowest BCUT2D eigenvalue weighted by Gasteiger charge is -2.14. The van der Waals surface area contributed by atoms with Crippen LogP contribution in [0.25, 0.3) is 0 Å². The molecule has 0 atom stereocenters. The largest absolute Gasteiger partial charge is 0.357 e. The SMILES string of the molecule is CCNC(=NCCCN1CCCC1)NCCc1ccc(Cl)cc1.I. The van der Waals surface area contributed by atoms with E-state index in [2.05, 4.69) is 39.6 Å². The van der Waals surface area contributed by atoms with Crippen LogP contribution in [0.2, 0.25) is 5.02 Å². The van der Waals surface area contributed by atoms with E-state index in [4.69, 9.17) is 11.6 Å². The molecule has 6 heteroatoms. The van der Waals surface area contributed by atoms with E-state index in [0.717, 1.165) is 43.5 Å². The highest BCUT2D eigenvalue weighted by Gasteiger charge is 2.09. The molecule has 1 fully saturated rings. The molecule has 2 N–H and O–H groups in total. The number of rotatable bonds is 8. The summed E-state index contributed by atoms with van der Waals surface area (Å²) in [5.74, 6) is 0.919. The van der Waals surface area contributed by atoms with E-state index < -0.39 is 0 Å². The third-order valence-corrected chi connectivity index (χ3v) is 4.32. The summed E-state index contributed by atoms with van der Waals surface area (Å²) in [6.07, 6.45) is 4.82. The average Bonchev–Trinajstić information content (AvgIpc) is 3.07. The highest BCUT2D eigenvalue weighted by Crippen LogP contribution is 2.09. The van der Waals surface area contributed by atoms with E-state index in [-0.39, 0.29) is 24.0 Å². The molecular weight excluding hydrogens is 435 g/mol. The molecule has 1 saturated heterocycles. The number of nitrogens with zero attached hydrogens (tertiary/aromatic N) is 2. The van der Waals surface area contributed by atoms with Gasteiger partial charge in [0.25, 0.3) is 0 Å². The number of hydrogen-bond donors (Lipinski definition) is 2. The fraction of sp³-hybridized carbons (Fsp3) is 0.611. The molecule has 0 aliphatic carbocycles. The van der Waals surface area contributed by atoms with Gasteiger partial charge in [0.2, 0.25) is 0 Å². The van der Waals surface area contributed by atoms with Crippen molar-refractivity contribution in [1.82, 2.24) is 15.5 Å². The quantitative estimate of drug-likeness (QED) is 0.268. The minimum Gasteiger partial charge on any atom is -0.357 e. The smallest absolute Gasteiger partial charge is 0.191 e. The van der Waals surface area contributed by atoms with Gasteiger partial charge in [-0.15, -0.1) is 24.0 Å². The summed E-state index contributed by atoms with van der Waals surface area (Å²) in [6.45, 7) is 8.45. The minimum absolute atomic E-state index is 0. The van der Waals surface area contributed by atoms with Crippen LogP contribution in [-0.2, 0) is 6.42 Å². The Bertz CT molecular complexity index is 472. The van der Waals surface area contributed by atoms with Crippen molar-refractivity contribution in [1.29, 1.82) is 0 Å². The van der Waals surface area contributed by atoms with Crippen LogP contribution in [0.15, 0.2) is 29.3 Å². The second-order valence-electron chi connectivity index (χ2n) is 5.97. The Balaban J connectivity index is 0.00000288. The number of guanidine groups is 1. The number of benzene rings is 1. The number of aliphatic imine (C=N–C) groups is 1. The molecule has 0 aromatic heterocycles. The lowest BCUT2D eigenvalue weighted by atomic mass is 10.1. The number of halogens is 2. The number of nitrogens with one attached hydrogen (secondary N) is 2. The molecule has 1 heterocycles. The van der Waals surface area contributed by atoms with Crippen LogP contribution in [-0.4, -0.2) is 50.1 Å². The number of hydrogen-bond acceptors (Lipinski definition) is 2. The van der Waals surface area contributed by atoms with E-state index in [1.807, 2.05) is 12.1 Å². The highest BCUT2D eigenvalue weighted by molar-refractivity contribution is 14.0. The standard InChI is InChI=1S/C18H29ClN4.HI/c1-2-20-18(21-11-5-15-23-13-3-4-14-23)22-12-10-16-6-8-17(19)9-7-16;/h6-9H,2-5,10-15H2,1H3,(H2,20,21,22);1H. The summed E-state index contributed by atoms with van der Waals surface area (Å²) in [4.78, 5) is 7.20. The van der Waals surface area contributed by atoms with Crippen LogP contribution in [0.4, 0.5) is 0 Å². The molecule has 0 unspecified atom stereocenters. The molecule has 0 amide bonds. The van der Waals surface area contributed by atoms with Crippen LogP contribution in [0.1, 0.15) is 31.7 Å². The fourth-order valence-corrected chi connectivity index (χ4v) is 2.94. The van der Waals surface area contributed by atoms with E-state index in [1.165, 1.54) is 38.0 Å². The topological polar surface area (TPSA) is 39.7 Å². The first kappa shape index (κ1) is 21.5. The first-order valence-electron chi connectivity index (χ1n) is 8.77. The summed E-state index contributed by atoms with van der Waals surface area (Å²) < 4.78 is 0. The van der Waals surface area contributed by atoms with Crippen molar-refractivity contribution < 1.29 is 0 Å². The third kappa shape index (κ3) is 8.53. The van der Waals surface area contributed by atoms with Crippen LogP contribution in [0.3, 0.4) is 0 Å². The Hall–Kier alpha value is -0.530. The second kappa shape index (κ2) is 12.8. The monoisotopic (exact) mass is 464 g/mol. The Kier molecular flexibility index (Phi) is 11.5. The summed E-state index contributed by atoms with van der Waals surface area (Å²) in [5.41, 5.74) is 1.28. The molecule has 1 aliphatic rings. The summed E-state index contributed by atoms with van der Waals surface area (Å²) >= 11 is 5.91. The van der Waals surface area contributed by atoms with Gasteiger partial charge in [-0.2, -0.15) is 0 Å². The first-order chi connectivity index (χ1) is 11.3. The van der Waals surface area contributed by atoms with Crippen molar-refractivity contribution in [2.75, 3.05) is 39.3 Å². The van der Waals surface area contributed by atoms with Crippen LogP contribution >= 0.6 is 35.6 Å². The first-order valence-corrected chi connectivity index (χ1v) is 9.14. The molecule has 0 spiro atoms. The number of likely N-dealkylation sites (tertiary alicyclic amines) is 1. The van der Waals surface area contributed by atoms with Crippen molar-refractivity contribution in [3.05, 3.63) is 34.9 Å². The lowest BCUT2D eigenvalue weighted by Crippen LogP contribution is -2.38. The zero-order valence-corrected chi connectivity index (χ0v) is 17.6. The van der Waals surface area contributed by atoms with Crippen molar-refractivity contribution in [2.45, 2.75) is 32.6 Å². The maximum atomic E-state index is 5.91. The van der Waals surface area contributed by atoms with Gasteiger partial charge in [0.05, 0.1) is 0 Å². The summed E-state index contributed by atoms with van der Waals surface area (Å²) in [5, 5.41) is 7.50. The molecule has 0 radical (unpaired) electrons. The second-order valence-corrected chi connectivity index (χ2v) is 6.40. The van der Waals surface area contributed by atoms with E-state index >= 15 is 0 Å². The molecule has 0 bridgehead atoms.